The van der Waals surface area contributed by atoms with E-state index in [9.17, 15) is 21.6 Å². The van der Waals surface area contributed by atoms with Crippen LogP contribution in [0.2, 0.25) is 0 Å². The summed E-state index contributed by atoms with van der Waals surface area (Å²) in [5.41, 5.74) is 8.58. The number of hydrogen-bond donors (Lipinski definition) is 0. The Morgan fingerprint density at radius 1 is 0.361 bits per heavy atom. The van der Waals surface area contributed by atoms with Crippen LogP contribution < -0.4 is 17.2 Å². The maximum atomic E-state index is 15.0. The summed E-state index contributed by atoms with van der Waals surface area (Å²) < 4.78 is 124. The number of nitrogens with zero attached hydrogens (tertiary/aromatic N) is 4. The van der Waals surface area contributed by atoms with Crippen molar-refractivity contribution in [2.45, 2.75) is 86.3 Å². The fourth-order valence-electron chi connectivity index (χ4n) is 9.96. The van der Waals surface area contributed by atoms with Crippen molar-refractivity contribution in [1.82, 2.24) is 0 Å². The third kappa shape index (κ3) is 14.4. The lowest BCUT2D eigenvalue weighted by atomic mass is 10.0. The minimum absolute atomic E-state index is 0.0415. The molecule has 83 heavy (non-hydrogen) atoms. The minimum atomic E-state index is -4.30. The highest BCUT2D eigenvalue weighted by atomic mass is 32.2. The quantitative estimate of drug-likeness (QED) is 0.129. The Kier molecular flexibility index (Phi) is 18.7. The summed E-state index contributed by atoms with van der Waals surface area (Å²) in [6, 6.07) is 55.4. The number of carbonyl (C=O) groups excluding carboxylic acids is 1. The zero-order valence-electron chi connectivity index (χ0n) is 47.1. The molecule has 18 heteroatoms. The van der Waals surface area contributed by atoms with Crippen LogP contribution in [0.4, 0.5) is 22.7 Å². The zero-order chi connectivity index (χ0) is 59.1. The molecule has 0 atom stereocenters. The summed E-state index contributed by atoms with van der Waals surface area (Å²) in [7, 11) is -16.7. The maximum Gasteiger partial charge on any atom is 0.264 e. The molecule has 0 fully saturated rings. The molecule has 0 saturated carbocycles. The molecule has 0 aromatic heterocycles. The van der Waals surface area contributed by atoms with E-state index >= 15 is 16.8 Å². The van der Waals surface area contributed by atoms with Gasteiger partial charge in [0.15, 0.2) is 5.12 Å². The van der Waals surface area contributed by atoms with Gasteiger partial charge in [-0.25, -0.2) is 33.7 Å². The van der Waals surface area contributed by atoms with Crippen molar-refractivity contribution in [3.63, 3.8) is 0 Å². The zero-order valence-corrected chi connectivity index (χ0v) is 51.2. The molecule has 0 unspecified atom stereocenters. The van der Waals surface area contributed by atoms with Crippen molar-refractivity contribution in [2.75, 3.05) is 49.2 Å². The van der Waals surface area contributed by atoms with Crippen LogP contribution in [0.1, 0.15) is 70.7 Å². The van der Waals surface area contributed by atoms with Crippen molar-refractivity contribution in [2.24, 2.45) is 5.92 Å². The average Bonchev–Trinajstić information content (AvgIpc) is 3.56. The van der Waals surface area contributed by atoms with E-state index in [2.05, 4.69) is 0 Å². The normalized spacial score (nSPS) is 14.8. The number of aryl methyl sites for hydroxylation is 4. The number of rotatable bonds is 10. The van der Waals surface area contributed by atoms with Gasteiger partial charge in [-0.05, 0) is 179 Å². The van der Waals surface area contributed by atoms with Crippen molar-refractivity contribution < 1.29 is 38.5 Å². The molecule has 432 valence electrons. The summed E-state index contributed by atoms with van der Waals surface area (Å²) in [4.78, 5) is 13.1. The summed E-state index contributed by atoms with van der Waals surface area (Å²) in [5, 5.41) is -0.213. The van der Waals surface area contributed by atoms with E-state index in [1.807, 2.05) is 76.2 Å². The first-order valence-corrected chi connectivity index (χ1v) is 34.2. The van der Waals surface area contributed by atoms with Crippen LogP contribution in [0.25, 0.3) is 0 Å². The van der Waals surface area contributed by atoms with Gasteiger partial charge in [0.1, 0.15) is 0 Å². The van der Waals surface area contributed by atoms with Crippen LogP contribution in [0.3, 0.4) is 0 Å². The van der Waals surface area contributed by atoms with Crippen molar-refractivity contribution in [1.29, 1.82) is 0 Å². The van der Waals surface area contributed by atoms with Crippen LogP contribution in [-0.2, 0) is 57.7 Å². The molecule has 8 aromatic rings. The number of anilines is 4. The Hall–Kier alpha value is -7.22. The van der Waals surface area contributed by atoms with Crippen molar-refractivity contribution in [3.8, 4) is 0 Å². The second-order valence-electron chi connectivity index (χ2n) is 21.2. The van der Waals surface area contributed by atoms with E-state index in [1.165, 1.54) is 24.1 Å². The van der Waals surface area contributed by atoms with Gasteiger partial charge < -0.3 is 0 Å². The fourth-order valence-corrected chi connectivity index (χ4v) is 16.7. The molecule has 0 amide bonds. The molecule has 0 saturated heterocycles. The van der Waals surface area contributed by atoms with Crippen LogP contribution in [0.5, 0.6) is 0 Å². The number of sulfonamides is 4. The third-order valence-corrected chi connectivity index (χ3v) is 23.1. The van der Waals surface area contributed by atoms with Gasteiger partial charge >= 0.3 is 0 Å². The van der Waals surface area contributed by atoms with Crippen LogP contribution >= 0.6 is 11.8 Å². The molecule has 0 N–H and O–H groups in total. The summed E-state index contributed by atoms with van der Waals surface area (Å²) in [5.74, 6) is -0.657. The van der Waals surface area contributed by atoms with Gasteiger partial charge in [0.25, 0.3) is 40.1 Å². The first-order valence-electron chi connectivity index (χ1n) is 27.4. The smallest absolute Gasteiger partial charge is 0.264 e. The number of benzene rings is 8. The predicted molar refractivity (Wildman–Crippen MR) is 335 cm³/mol. The molecule has 15 rings (SSSR count). The van der Waals surface area contributed by atoms with Crippen molar-refractivity contribution >= 4 is 79.7 Å². The van der Waals surface area contributed by atoms with E-state index in [1.54, 1.807) is 146 Å². The summed E-state index contributed by atoms with van der Waals surface area (Å²) in [6.45, 7) is 8.81. The second kappa shape index (κ2) is 25.7. The Morgan fingerprint density at radius 2 is 0.602 bits per heavy atom. The third-order valence-electron chi connectivity index (χ3n) is 14.7. The lowest BCUT2D eigenvalue weighted by Crippen LogP contribution is -2.43. The Bertz CT molecular complexity index is 3740. The largest absolute Gasteiger partial charge is 0.288 e. The molecule has 8 bridgehead atoms. The van der Waals surface area contributed by atoms with Gasteiger partial charge in [-0.3, -0.25) is 22.0 Å². The SMILES string of the molecule is CC(=O)SCC1CN(S(=O)(=O)c2ccc(C)cc2)c2ccc(cc2)Cc2ccc(cc2)N(S(=O)(=O)c2ccc(C)cc2)CCCCCN(S(=O)(=O)c2ccc(C)cc2)c2ccc(cc2)Cc2ccc(cc2)N(S(=O)(=O)c2ccc(C)cc2)C1. The lowest BCUT2D eigenvalue weighted by Gasteiger charge is -2.33. The second-order valence-corrected chi connectivity index (χ2v) is 29.9. The minimum Gasteiger partial charge on any atom is -0.288 e. The van der Waals surface area contributed by atoms with Gasteiger partial charge in [-0.15, -0.1) is 0 Å². The Balaban J connectivity index is 1.14. The van der Waals surface area contributed by atoms with E-state index in [0.29, 0.717) is 54.9 Å². The summed E-state index contributed by atoms with van der Waals surface area (Å²) in [6.07, 6.45) is 2.20. The van der Waals surface area contributed by atoms with Crippen molar-refractivity contribution in [3.05, 3.63) is 239 Å². The Morgan fingerprint density at radius 3 is 0.855 bits per heavy atom. The maximum absolute atomic E-state index is 15.0. The molecular weight excluding hydrogens is 1140 g/mol. The van der Waals surface area contributed by atoms with Gasteiger partial charge in [0.05, 0.1) is 42.3 Å². The molecule has 0 aliphatic carbocycles. The average molecular weight is 1210 g/mol. The standard InChI is InChI=1S/C65H68N4O9S5/c1-48-9-33-62(34-10-48)80(71,72)66-41-7-6-8-42-67(81(73,74)63-35-11-49(2)12-36-63)59-27-19-54(20-28-59)44-56-23-31-61(32-24-56)69(83(77,78)65-39-15-51(4)16-40-65)46-57(47-79-52(5)70)45-68(82(75,76)64-37-13-50(3)14-38-64)60-29-21-55(22-30-60)43-53-17-25-58(66)26-18-53/h9-40,57H,6-8,41-47H2,1-5H3. The van der Waals surface area contributed by atoms with E-state index in [-0.39, 0.29) is 56.6 Å². The molecule has 7 heterocycles. The van der Waals surface area contributed by atoms with E-state index in [4.69, 9.17) is 0 Å². The number of thioether (sulfide) groups is 1. The predicted octanol–water partition coefficient (Wildman–Crippen LogP) is 12.7. The molecule has 8 aromatic carbocycles. The topological polar surface area (TPSA) is 167 Å². The first kappa shape index (κ1) is 60.4. The molecule has 0 spiro atoms. The molecule has 7 aliphatic rings. The summed E-state index contributed by atoms with van der Waals surface area (Å²) >= 11 is 0.997. The first-order chi connectivity index (χ1) is 39.6. The van der Waals surface area contributed by atoms with Gasteiger partial charge in [-0.2, -0.15) is 0 Å². The van der Waals surface area contributed by atoms with E-state index in [0.717, 1.165) is 56.3 Å². The highest BCUT2D eigenvalue weighted by molar-refractivity contribution is 8.13. The highest BCUT2D eigenvalue weighted by Crippen LogP contribution is 2.34. The van der Waals surface area contributed by atoms with Crippen LogP contribution in [0, 0.1) is 33.6 Å². The molecule has 0 radical (unpaired) electrons. The molecule has 7 aliphatic heterocycles. The van der Waals surface area contributed by atoms with Gasteiger partial charge in [-0.1, -0.05) is 131 Å². The number of carbonyl (C=O) groups is 1. The fraction of sp³-hybridized carbons (Fsp3) is 0.246. The van der Waals surface area contributed by atoms with Crippen LogP contribution in [0.15, 0.2) is 214 Å². The van der Waals surface area contributed by atoms with Crippen LogP contribution in [-0.4, -0.2) is 70.7 Å². The molecular formula is C65H68N4O9S5. The van der Waals surface area contributed by atoms with Gasteiger partial charge in [0.2, 0.25) is 0 Å². The van der Waals surface area contributed by atoms with E-state index < -0.39 is 46.0 Å². The Labute approximate surface area is 494 Å². The number of hydrogen-bond acceptors (Lipinski definition) is 10. The lowest BCUT2D eigenvalue weighted by molar-refractivity contribution is -0.109. The highest BCUT2D eigenvalue weighted by Gasteiger charge is 2.34. The monoisotopic (exact) mass is 1210 g/mol. The van der Waals surface area contributed by atoms with Gasteiger partial charge in [0, 0.05) is 44.8 Å². The molecule has 13 nitrogen and oxygen atoms in total.